The van der Waals surface area contributed by atoms with Crippen molar-refractivity contribution in [1.82, 2.24) is 25.5 Å². The first-order valence-corrected chi connectivity index (χ1v) is 20.9. The van der Waals surface area contributed by atoms with E-state index in [2.05, 4.69) is 16.0 Å². The smallest absolute Gasteiger partial charge is 0.408 e. The molecule has 7 rings (SSSR count). The van der Waals surface area contributed by atoms with Crippen molar-refractivity contribution in [3.63, 3.8) is 0 Å². The molecule has 4 aliphatic rings. The molecule has 1 aliphatic heterocycles. The first kappa shape index (κ1) is 40.5. The van der Waals surface area contributed by atoms with Crippen molar-refractivity contribution < 1.29 is 43.6 Å². The Balaban J connectivity index is 1.19. The molecule has 0 radical (unpaired) electrons. The highest BCUT2D eigenvalue weighted by molar-refractivity contribution is 7.14. The summed E-state index contributed by atoms with van der Waals surface area (Å²) in [4.78, 5) is 65.6. The lowest BCUT2D eigenvalue weighted by atomic mass is 9.85. The number of amides is 3. The van der Waals surface area contributed by atoms with Crippen LogP contribution in [0, 0.1) is 23.2 Å². The zero-order valence-electron chi connectivity index (χ0n) is 33.4. The second kappa shape index (κ2) is 15.9. The number of benzene rings is 1. The normalized spacial score (nSPS) is 26.8. The highest BCUT2D eigenvalue weighted by Gasteiger charge is 2.61. The van der Waals surface area contributed by atoms with E-state index in [-0.39, 0.29) is 44.2 Å². The van der Waals surface area contributed by atoms with Crippen molar-refractivity contribution in [1.29, 1.82) is 0 Å². The van der Waals surface area contributed by atoms with Gasteiger partial charge in [0.1, 0.15) is 53.6 Å². The fraction of sp³-hybridized carbons (Fsp3) is 0.610. The van der Waals surface area contributed by atoms with E-state index in [1.807, 2.05) is 46.9 Å². The van der Waals surface area contributed by atoms with Crippen LogP contribution in [0.1, 0.15) is 80.1 Å². The fourth-order valence-corrected chi connectivity index (χ4v) is 9.24. The van der Waals surface area contributed by atoms with Gasteiger partial charge >= 0.3 is 12.1 Å². The number of carbonyl (C=O) groups is 4. The van der Waals surface area contributed by atoms with Crippen molar-refractivity contribution in [2.24, 2.45) is 23.2 Å². The number of fused-ring (bicyclic) bond motifs is 2. The van der Waals surface area contributed by atoms with Crippen LogP contribution in [-0.4, -0.2) is 105 Å². The summed E-state index contributed by atoms with van der Waals surface area (Å²) in [6.45, 7) is 11.4. The number of alkyl carbamates (subject to hydrolysis) is 1. The Morgan fingerprint density at radius 1 is 1.04 bits per heavy atom. The van der Waals surface area contributed by atoms with Crippen molar-refractivity contribution in [3.05, 3.63) is 29.6 Å². The SMILES string of the molecule is CCC1C[C@]1(NC(=O)[C@@H]1C[C@@H](Oc2cc(-c3csc(NC(C)C)n3)nc3cc(OCCO)ccc23)CN1C(=O)[C@@H](NC(=O)OC1C[C@@H]2C[C@@H]2C1)C(C)(C)C)C(=O)O. The second-order valence-corrected chi connectivity index (χ2v) is 18.2. The molecule has 1 aromatic carbocycles. The molecular formula is C41H54N6O9S. The van der Waals surface area contributed by atoms with Crippen LogP contribution in [0.15, 0.2) is 29.6 Å². The van der Waals surface area contributed by atoms with Gasteiger partial charge in [-0.25, -0.2) is 19.6 Å². The third kappa shape index (κ3) is 8.76. The summed E-state index contributed by atoms with van der Waals surface area (Å²) in [5.41, 5.74) is -0.490. The average molecular weight is 807 g/mol. The van der Waals surface area contributed by atoms with E-state index < -0.39 is 53.0 Å². The van der Waals surface area contributed by atoms with Crippen molar-refractivity contribution in [2.75, 3.05) is 25.1 Å². The van der Waals surface area contributed by atoms with Crippen LogP contribution in [0.4, 0.5) is 9.93 Å². The van der Waals surface area contributed by atoms with Gasteiger partial charge < -0.3 is 45.3 Å². The maximum absolute atomic E-state index is 14.7. The molecule has 2 unspecified atom stereocenters. The predicted molar refractivity (Wildman–Crippen MR) is 213 cm³/mol. The standard InChI is InChI=1S/C41H54N6O9S/c1-7-24-18-41(24,37(51)52)46-35(49)32-16-27(19-47(32)36(50)34(40(4,5)6)45-39(53)56-26-13-22-12-23(22)14-26)55-33-17-30(31-20-57-38(44-31)42-21(2)3)43-29-15-25(54-11-10-48)8-9-28(29)33/h8-9,15,17,20-24,26-27,32,34,48H,7,10-14,16,18-19H2,1-6H3,(H,42,44)(H,45,53)(H,46,49)(H,51,52)/t22-,23+,24?,26?,27-,32+,34-,41-/m1/s1. The van der Waals surface area contributed by atoms with Gasteiger partial charge in [-0.3, -0.25) is 9.59 Å². The molecule has 8 atom stereocenters. The topological polar surface area (TPSA) is 202 Å². The number of carbonyl (C=O) groups excluding carboxylic acids is 3. The van der Waals surface area contributed by atoms with Crippen LogP contribution in [-0.2, 0) is 19.1 Å². The summed E-state index contributed by atoms with van der Waals surface area (Å²) in [5, 5.41) is 31.7. The molecule has 57 heavy (non-hydrogen) atoms. The predicted octanol–water partition coefficient (Wildman–Crippen LogP) is 5.21. The largest absolute Gasteiger partial charge is 0.491 e. The summed E-state index contributed by atoms with van der Waals surface area (Å²) in [7, 11) is 0. The molecule has 1 saturated heterocycles. The Morgan fingerprint density at radius 2 is 1.79 bits per heavy atom. The van der Waals surface area contributed by atoms with Gasteiger partial charge in [0.05, 0.1) is 24.4 Å². The fourth-order valence-electron chi connectivity index (χ4n) is 8.38. The summed E-state index contributed by atoms with van der Waals surface area (Å²) >= 11 is 1.45. The Kier molecular flexibility index (Phi) is 11.3. The minimum absolute atomic E-state index is 0.0144. The van der Waals surface area contributed by atoms with Gasteiger partial charge in [-0.05, 0) is 74.8 Å². The lowest BCUT2D eigenvalue weighted by Crippen LogP contribution is -2.59. The number of aliphatic carboxylic acids is 1. The molecule has 3 heterocycles. The molecular weight excluding hydrogens is 753 g/mol. The molecule has 0 spiro atoms. The number of likely N-dealkylation sites (tertiary alicyclic amines) is 1. The number of carboxylic acid groups (broad SMARTS) is 1. The number of carboxylic acids is 1. The number of aliphatic hydroxyl groups is 1. The summed E-state index contributed by atoms with van der Waals surface area (Å²) in [6, 6.07) is 5.11. The van der Waals surface area contributed by atoms with E-state index in [0.29, 0.717) is 58.5 Å². The van der Waals surface area contributed by atoms with E-state index >= 15 is 0 Å². The number of hydrogen-bond acceptors (Lipinski definition) is 12. The molecule has 4 fully saturated rings. The van der Waals surface area contributed by atoms with E-state index in [1.165, 1.54) is 22.7 Å². The number of aromatic nitrogens is 2. The number of aliphatic hydroxyl groups excluding tert-OH is 1. The van der Waals surface area contributed by atoms with Crippen LogP contribution in [0.3, 0.4) is 0 Å². The number of ether oxygens (including phenoxy) is 3. The maximum Gasteiger partial charge on any atom is 0.408 e. The number of rotatable bonds is 15. The van der Waals surface area contributed by atoms with Crippen molar-refractivity contribution in [3.8, 4) is 22.9 Å². The molecule has 308 valence electrons. The number of hydrogen-bond donors (Lipinski definition) is 5. The van der Waals surface area contributed by atoms with Crippen molar-refractivity contribution in [2.45, 2.75) is 116 Å². The van der Waals surface area contributed by atoms with Gasteiger partial charge in [0.15, 0.2) is 5.13 Å². The molecule has 16 heteroatoms. The van der Waals surface area contributed by atoms with Gasteiger partial charge in [0.2, 0.25) is 11.8 Å². The molecule has 3 amide bonds. The minimum Gasteiger partial charge on any atom is -0.491 e. The number of pyridine rings is 1. The zero-order valence-corrected chi connectivity index (χ0v) is 34.2. The highest BCUT2D eigenvalue weighted by Crippen LogP contribution is 2.52. The quantitative estimate of drug-likeness (QED) is 0.135. The number of nitrogens with zero attached hydrogens (tertiary/aromatic N) is 3. The number of nitrogens with one attached hydrogen (secondary N) is 3. The Bertz CT molecular complexity index is 2010. The molecule has 2 aromatic heterocycles. The van der Waals surface area contributed by atoms with Crippen LogP contribution in [0.25, 0.3) is 22.3 Å². The van der Waals surface area contributed by atoms with Crippen LogP contribution < -0.4 is 25.4 Å². The van der Waals surface area contributed by atoms with E-state index in [0.717, 1.165) is 18.0 Å². The van der Waals surface area contributed by atoms with E-state index in [4.69, 9.17) is 24.2 Å². The lowest BCUT2D eigenvalue weighted by molar-refractivity contribution is -0.146. The van der Waals surface area contributed by atoms with E-state index in [9.17, 15) is 29.4 Å². The Hall–Kier alpha value is -4.70. The van der Waals surface area contributed by atoms with Crippen LogP contribution in [0.5, 0.6) is 11.5 Å². The molecule has 5 N–H and O–H groups in total. The third-order valence-electron chi connectivity index (χ3n) is 11.6. The minimum atomic E-state index is -1.41. The first-order chi connectivity index (χ1) is 27.1. The van der Waals surface area contributed by atoms with Crippen LogP contribution in [0.2, 0.25) is 0 Å². The Labute approximate surface area is 336 Å². The second-order valence-electron chi connectivity index (χ2n) is 17.3. The highest BCUT2D eigenvalue weighted by atomic mass is 32.1. The van der Waals surface area contributed by atoms with Gasteiger partial charge in [-0.1, -0.05) is 34.1 Å². The average Bonchev–Trinajstić information content (AvgIpc) is 3.82. The number of thiazole rings is 1. The van der Waals surface area contributed by atoms with E-state index in [1.54, 1.807) is 24.3 Å². The van der Waals surface area contributed by atoms with Gasteiger partial charge in [-0.2, -0.15) is 0 Å². The van der Waals surface area contributed by atoms with Gasteiger partial charge in [0.25, 0.3) is 0 Å². The molecule has 0 bridgehead atoms. The summed E-state index contributed by atoms with van der Waals surface area (Å²) < 4.78 is 18.2. The molecule has 3 aromatic rings. The summed E-state index contributed by atoms with van der Waals surface area (Å²) in [6.07, 6.45) is 2.18. The lowest BCUT2D eigenvalue weighted by Gasteiger charge is -2.35. The monoisotopic (exact) mass is 806 g/mol. The van der Waals surface area contributed by atoms with Gasteiger partial charge in [-0.15, -0.1) is 11.3 Å². The number of anilines is 1. The summed E-state index contributed by atoms with van der Waals surface area (Å²) in [5.74, 6) is -0.277. The van der Waals surface area contributed by atoms with Crippen LogP contribution >= 0.6 is 11.3 Å². The third-order valence-corrected chi connectivity index (χ3v) is 12.4. The molecule has 3 saturated carbocycles. The maximum atomic E-state index is 14.7. The molecule has 3 aliphatic carbocycles. The first-order valence-electron chi connectivity index (χ1n) is 20.0. The molecule has 15 nitrogen and oxygen atoms in total. The van der Waals surface area contributed by atoms with Gasteiger partial charge in [0, 0.05) is 35.4 Å². The zero-order chi connectivity index (χ0) is 40.8. The Morgan fingerprint density at radius 3 is 2.44 bits per heavy atom. The van der Waals surface area contributed by atoms with Crippen molar-refractivity contribution >= 4 is 51.2 Å².